The average molecular weight is 911 g/mol. The minimum atomic E-state index is -0.152. The molecule has 0 atom stereocenters. The minimum Gasteiger partial charge on any atom is -0.309 e. The quantitative estimate of drug-likeness (QED) is 0.172. The van der Waals surface area contributed by atoms with Gasteiger partial charge in [-0.3, -0.25) is 4.57 Å². The molecule has 70 heavy (non-hydrogen) atoms. The molecular weight excluding hydrogens is 869 g/mol. The molecule has 4 nitrogen and oxygen atoms in total. The lowest BCUT2D eigenvalue weighted by atomic mass is 9.82. The molecule has 0 saturated carbocycles. The van der Waals surface area contributed by atoms with E-state index in [1.54, 1.807) is 11.3 Å². The summed E-state index contributed by atoms with van der Waals surface area (Å²) in [4.78, 5) is 12.4. The number of benzene rings is 10. The highest BCUT2D eigenvalue weighted by molar-refractivity contribution is 7.22. The van der Waals surface area contributed by atoms with Crippen LogP contribution in [0.1, 0.15) is 25.0 Å². The highest BCUT2D eigenvalue weighted by Gasteiger charge is 2.35. The van der Waals surface area contributed by atoms with Crippen molar-refractivity contribution in [3.05, 3.63) is 230 Å². The van der Waals surface area contributed by atoms with Crippen LogP contribution in [0.5, 0.6) is 0 Å². The number of hydrogen-bond donors (Lipinski definition) is 0. The SMILES string of the molecule is CC1(C)c2ccccc2-c2ccc(-c3nc(-n4c5ccc(-c6cccc7c6c6c8ccccc8ccc6n7-c6ccccc6)cc5c5cc6ccccc6cc54)nc4cc(-c5ccccc5)sc34)cc21. The lowest BCUT2D eigenvalue weighted by molar-refractivity contribution is 0.660. The zero-order valence-electron chi connectivity index (χ0n) is 38.5. The van der Waals surface area contributed by atoms with Gasteiger partial charge in [0.15, 0.2) is 0 Å². The fourth-order valence-corrected chi connectivity index (χ4v) is 12.9. The second-order valence-electron chi connectivity index (χ2n) is 19.3. The smallest absolute Gasteiger partial charge is 0.235 e. The maximum Gasteiger partial charge on any atom is 0.235 e. The van der Waals surface area contributed by atoms with Gasteiger partial charge in [0.1, 0.15) is 0 Å². The predicted molar refractivity (Wildman–Crippen MR) is 295 cm³/mol. The van der Waals surface area contributed by atoms with E-state index in [2.05, 4.69) is 241 Å². The van der Waals surface area contributed by atoms with E-state index in [0.29, 0.717) is 5.95 Å². The zero-order chi connectivity index (χ0) is 46.2. The maximum absolute atomic E-state index is 5.70. The number of nitrogens with zero attached hydrogens (tertiary/aromatic N) is 4. The monoisotopic (exact) mass is 910 g/mol. The first-order valence-corrected chi connectivity index (χ1v) is 24.9. The van der Waals surface area contributed by atoms with Crippen LogP contribution in [-0.4, -0.2) is 19.1 Å². The normalized spacial score (nSPS) is 13.1. The third-order valence-electron chi connectivity index (χ3n) is 15.1. The van der Waals surface area contributed by atoms with E-state index >= 15 is 0 Å². The molecule has 328 valence electrons. The summed E-state index contributed by atoms with van der Waals surface area (Å²) < 4.78 is 5.82. The summed E-state index contributed by atoms with van der Waals surface area (Å²) in [6.45, 7) is 4.70. The summed E-state index contributed by atoms with van der Waals surface area (Å²) in [6, 6.07) is 80.0. The molecule has 0 N–H and O–H groups in total. The summed E-state index contributed by atoms with van der Waals surface area (Å²) in [5.41, 5.74) is 17.3. The van der Waals surface area contributed by atoms with E-state index in [0.717, 1.165) is 54.5 Å². The van der Waals surface area contributed by atoms with Crippen LogP contribution in [-0.2, 0) is 5.41 Å². The molecule has 0 bridgehead atoms. The van der Waals surface area contributed by atoms with E-state index in [-0.39, 0.29) is 5.41 Å². The molecule has 1 aliphatic carbocycles. The minimum absolute atomic E-state index is 0.152. The average Bonchev–Trinajstić information content (AvgIpc) is 4.15. The van der Waals surface area contributed by atoms with Crippen LogP contribution in [0.15, 0.2) is 218 Å². The largest absolute Gasteiger partial charge is 0.309 e. The molecule has 1 aliphatic rings. The fourth-order valence-electron chi connectivity index (χ4n) is 11.8. The topological polar surface area (TPSA) is 35.6 Å². The Morgan fingerprint density at radius 3 is 1.93 bits per heavy atom. The van der Waals surface area contributed by atoms with Crippen molar-refractivity contribution in [3.63, 3.8) is 0 Å². The van der Waals surface area contributed by atoms with Crippen molar-refractivity contribution in [1.29, 1.82) is 0 Å². The molecule has 5 heteroatoms. The summed E-state index contributed by atoms with van der Waals surface area (Å²) in [7, 11) is 0. The van der Waals surface area contributed by atoms with Crippen LogP contribution in [0.3, 0.4) is 0 Å². The first-order valence-electron chi connectivity index (χ1n) is 24.1. The van der Waals surface area contributed by atoms with Crippen molar-refractivity contribution in [3.8, 4) is 55.6 Å². The summed E-state index contributed by atoms with van der Waals surface area (Å²) in [5.74, 6) is 0.658. The van der Waals surface area contributed by atoms with Crippen molar-refractivity contribution in [1.82, 2.24) is 19.1 Å². The Kier molecular flexibility index (Phi) is 8.26. The third kappa shape index (κ3) is 5.64. The van der Waals surface area contributed by atoms with Crippen LogP contribution in [0, 0.1) is 0 Å². The van der Waals surface area contributed by atoms with Gasteiger partial charge in [-0.25, -0.2) is 9.97 Å². The molecule has 0 amide bonds. The second-order valence-corrected chi connectivity index (χ2v) is 20.4. The van der Waals surface area contributed by atoms with E-state index in [1.165, 1.54) is 81.6 Å². The number of thiophene rings is 1. The molecule has 0 saturated heterocycles. The van der Waals surface area contributed by atoms with Gasteiger partial charge in [0.2, 0.25) is 5.95 Å². The molecule has 0 unspecified atom stereocenters. The number of aromatic nitrogens is 4. The van der Waals surface area contributed by atoms with E-state index in [1.807, 2.05) is 0 Å². The Balaban J connectivity index is 0.998. The van der Waals surface area contributed by atoms with E-state index < -0.39 is 0 Å². The summed E-state index contributed by atoms with van der Waals surface area (Å²) in [6.07, 6.45) is 0. The van der Waals surface area contributed by atoms with Crippen LogP contribution in [0.2, 0.25) is 0 Å². The van der Waals surface area contributed by atoms with Gasteiger partial charge in [-0.1, -0.05) is 172 Å². The zero-order valence-corrected chi connectivity index (χ0v) is 39.3. The molecule has 10 aromatic carbocycles. The number of fused-ring (bicyclic) bond motifs is 13. The standard InChI is InChI=1S/C65H42N4S/c1-65(2)52-26-14-13-24-48(52)49-31-28-44(36-53(49)65)62-63-54(38-59(70-63)40-17-5-3-6-18-40)66-64(67-62)69-55-32-30-43(35-50(55)51-34-41-19-9-10-20-42(41)37-58(51)69)47-25-15-27-56-61(47)60-46-23-12-11-16-39(46)29-33-57(60)68(56)45-21-7-4-8-22-45/h3-38H,1-2H3. The Morgan fingerprint density at radius 2 is 1.07 bits per heavy atom. The number of para-hydroxylation sites is 1. The highest BCUT2D eigenvalue weighted by atomic mass is 32.1. The molecule has 0 spiro atoms. The molecule has 14 aromatic rings. The van der Waals surface area contributed by atoms with Crippen molar-refractivity contribution in [2.75, 3.05) is 0 Å². The highest BCUT2D eigenvalue weighted by Crippen LogP contribution is 2.51. The molecular formula is C65H42N4S. The maximum atomic E-state index is 5.70. The van der Waals surface area contributed by atoms with Gasteiger partial charge >= 0.3 is 0 Å². The van der Waals surface area contributed by atoms with Crippen molar-refractivity contribution in [2.45, 2.75) is 19.3 Å². The van der Waals surface area contributed by atoms with Gasteiger partial charge in [-0.2, -0.15) is 0 Å². The first-order chi connectivity index (χ1) is 34.5. The Labute approximate surface area is 408 Å². The van der Waals surface area contributed by atoms with Crippen LogP contribution >= 0.6 is 11.3 Å². The third-order valence-corrected chi connectivity index (χ3v) is 16.3. The Hall–Kier alpha value is -8.64. The molecule has 0 aliphatic heterocycles. The van der Waals surface area contributed by atoms with Gasteiger partial charge in [-0.15, -0.1) is 11.3 Å². The lowest BCUT2D eigenvalue weighted by Gasteiger charge is -2.22. The Bertz CT molecular complexity index is 4500. The van der Waals surface area contributed by atoms with Crippen molar-refractivity contribution in [2.24, 2.45) is 0 Å². The van der Waals surface area contributed by atoms with E-state index in [9.17, 15) is 0 Å². The van der Waals surface area contributed by atoms with Crippen molar-refractivity contribution < 1.29 is 0 Å². The second kappa shape index (κ2) is 14.7. The lowest BCUT2D eigenvalue weighted by Crippen LogP contribution is -2.15. The number of rotatable bonds is 5. The molecule has 15 rings (SSSR count). The van der Waals surface area contributed by atoms with Crippen molar-refractivity contribution >= 4 is 86.7 Å². The predicted octanol–water partition coefficient (Wildman–Crippen LogP) is 17.5. The molecule has 0 radical (unpaired) electrons. The van der Waals surface area contributed by atoms with Gasteiger partial charge < -0.3 is 4.57 Å². The van der Waals surface area contributed by atoms with E-state index in [4.69, 9.17) is 9.97 Å². The molecule has 0 fully saturated rings. The first kappa shape index (κ1) is 39.4. The molecule has 4 aromatic heterocycles. The Morgan fingerprint density at radius 1 is 0.400 bits per heavy atom. The molecule has 4 heterocycles. The van der Waals surface area contributed by atoms with Gasteiger partial charge in [-0.05, 0) is 121 Å². The van der Waals surface area contributed by atoms with Crippen LogP contribution in [0.25, 0.3) is 131 Å². The van der Waals surface area contributed by atoms with Crippen LogP contribution in [0.4, 0.5) is 0 Å². The van der Waals surface area contributed by atoms with Crippen LogP contribution < -0.4 is 0 Å². The fraction of sp³-hybridized carbons (Fsp3) is 0.0462. The summed E-state index contributed by atoms with van der Waals surface area (Å²) >= 11 is 1.77. The number of hydrogen-bond acceptors (Lipinski definition) is 3. The van der Waals surface area contributed by atoms with Gasteiger partial charge in [0.25, 0.3) is 0 Å². The van der Waals surface area contributed by atoms with Gasteiger partial charge in [0.05, 0.1) is 38.0 Å². The summed E-state index contributed by atoms with van der Waals surface area (Å²) in [5, 5.41) is 9.68. The van der Waals surface area contributed by atoms with Gasteiger partial charge in [0, 0.05) is 43.1 Å².